The van der Waals surface area contributed by atoms with Gasteiger partial charge >= 0.3 is 0 Å². The fourth-order valence-electron chi connectivity index (χ4n) is 2.50. The summed E-state index contributed by atoms with van der Waals surface area (Å²) < 4.78 is 5.68. The van der Waals surface area contributed by atoms with E-state index in [0.29, 0.717) is 23.4 Å². The molecular formula is C17H16N2O3. The third-order valence-electron chi connectivity index (χ3n) is 3.66. The summed E-state index contributed by atoms with van der Waals surface area (Å²) in [4.78, 5) is 12.4. The van der Waals surface area contributed by atoms with E-state index in [0.717, 1.165) is 11.3 Å². The lowest BCUT2D eigenvalue weighted by molar-refractivity contribution is -0.122. The summed E-state index contributed by atoms with van der Waals surface area (Å²) >= 11 is 0. The summed E-state index contributed by atoms with van der Waals surface area (Å²) in [5.74, 6) is 0.540. The van der Waals surface area contributed by atoms with Crippen molar-refractivity contribution in [1.29, 1.82) is 0 Å². The Morgan fingerprint density at radius 2 is 1.95 bits per heavy atom. The van der Waals surface area contributed by atoms with E-state index in [1.165, 1.54) is 0 Å². The number of carbonyl (C=O) groups is 1. The van der Waals surface area contributed by atoms with Crippen LogP contribution in [0.4, 0.5) is 5.69 Å². The van der Waals surface area contributed by atoms with E-state index in [9.17, 15) is 4.79 Å². The summed E-state index contributed by atoms with van der Waals surface area (Å²) in [5.41, 5.74) is 2.74. The van der Waals surface area contributed by atoms with Gasteiger partial charge in [-0.2, -0.15) is 0 Å². The molecule has 1 aliphatic rings. The average Bonchev–Trinajstić information content (AvgIpc) is 2.99. The lowest BCUT2D eigenvalue weighted by atomic mass is 10.1. The number of ether oxygens (including phenoxy) is 1. The highest BCUT2D eigenvalue weighted by atomic mass is 16.5. The molecule has 2 aromatic rings. The number of hydrogen-bond acceptors (Lipinski definition) is 4. The monoisotopic (exact) mass is 296 g/mol. The van der Waals surface area contributed by atoms with Gasteiger partial charge in [0.05, 0.1) is 11.4 Å². The number of nitrogens with one attached hydrogen (secondary N) is 1. The summed E-state index contributed by atoms with van der Waals surface area (Å²) in [6.45, 7) is 1.67. The molecule has 0 radical (unpaired) electrons. The van der Waals surface area contributed by atoms with Gasteiger partial charge in [-0.1, -0.05) is 41.6 Å². The highest BCUT2D eigenvalue weighted by Gasteiger charge is 2.29. The van der Waals surface area contributed by atoms with Gasteiger partial charge in [-0.3, -0.25) is 4.79 Å². The van der Waals surface area contributed by atoms with E-state index in [2.05, 4.69) is 10.5 Å². The summed E-state index contributed by atoms with van der Waals surface area (Å²) in [7, 11) is 0. The molecule has 1 heterocycles. The number of carbonyl (C=O) groups excluding carboxylic acids is 1. The van der Waals surface area contributed by atoms with Crippen LogP contribution in [0.15, 0.2) is 53.7 Å². The number of nitrogens with zero attached hydrogens (tertiary/aromatic N) is 1. The largest absolute Gasteiger partial charge is 0.480 e. The van der Waals surface area contributed by atoms with Crippen LogP contribution >= 0.6 is 0 Å². The SMILES string of the molecule is C/C(=N\O)c1ccccc1NC(=O)C1Cc2ccccc2O1. The number of fused-ring (bicyclic) bond motifs is 1. The molecule has 112 valence electrons. The Balaban J connectivity index is 1.77. The molecule has 22 heavy (non-hydrogen) atoms. The molecule has 0 saturated heterocycles. The summed E-state index contributed by atoms with van der Waals surface area (Å²) in [6.07, 6.45) is 0.00822. The predicted molar refractivity (Wildman–Crippen MR) is 83.6 cm³/mol. The van der Waals surface area contributed by atoms with Gasteiger partial charge in [0, 0.05) is 12.0 Å². The maximum absolute atomic E-state index is 12.4. The number of rotatable bonds is 3. The van der Waals surface area contributed by atoms with Crippen LogP contribution < -0.4 is 10.1 Å². The normalized spacial score (nSPS) is 16.8. The molecule has 1 aliphatic heterocycles. The van der Waals surface area contributed by atoms with Crippen molar-refractivity contribution in [3.63, 3.8) is 0 Å². The molecule has 1 amide bonds. The fourth-order valence-corrected chi connectivity index (χ4v) is 2.50. The zero-order chi connectivity index (χ0) is 15.5. The molecule has 2 aromatic carbocycles. The van der Waals surface area contributed by atoms with Crippen molar-refractivity contribution < 1.29 is 14.7 Å². The minimum Gasteiger partial charge on any atom is -0.480 e. The second kappa shape index (κ2) is 5.89. The van der Waals surface area contributed by atoms with Crippen molar-refractivity contribution >= 4 is 17.3 Å². The summed E-state index contributed by atoms with van der Waals surface area (Å²) in [6, 6.07) is 14.8. The molecule has 0 aliphatic carbocycles. The molecule has 0 saturated carbocycles. The van der Waals surface area contributed by atoms with Crippen LogP contribution in [0, 0.1) is 0 Å². The molecule has 5 nitrogen and oxygen atoms in total. The number of para-hydroxylation sites is 2. The molecule has 1 unspecified atom stereocenters. The molecule has 0 spiro atoms. The van der Waals surface area contributed by atoms with Crippen LogP contribution in [-0.2, 0) is 11.2 Å². The van der Waals surface area contributed by atoms with Crippen LogP contribution in [-0.4, -0.2) is 22.9 Å². The third-order valence-corrected chi connectivity index (χ3v) is 3.66. The quantitative estimate of drug-likeness (QED) is 0.520. The first-order valence-corrected chi connectivity index (χ1v) is 7.02. The Morgan fingerprint density at radius 1 is 1.23 bits per heavy atom. The van der Waals surface area contributed by atoms with Gasteiger partial charge in [0.1, 0.15) is 5.75 Å². The van der Waals surface area contributed by atoms with Crippen LogP contribution in [0.3, 0.4) is 0 Å². The topological polar surface area (TPSA) is 70.9 Å². The second-order valence-corrected chi connectivity index (χ2v) is 5.14. The first-order chi connectivity index (χ1) is 10.7. The maximum atomic E-state index is 12.4. The first-order valence-electron chi connectivity index (χ1n) is 7.02. The molecule has 0 fully saturated rings. The van der Waals surface area contributed by atoms with E-state index < -0.39 is 6.10 Å². The average molecular weight is 296 g/mol. The minimum absolute atomic E-state index is 0.214. The van der Waals surface area contributed by atoms with Crippen molar-refractivity contribution in [2.45, 2.75) is 19.4 Å². The highest BCUT2D eigenvalue weighted by molar-refractivity contribution is 6.07. The molecule has 0 bridgehead atoms. The van der Waals surface area contributed by atoms with Crippen LogP contribution in [0.1, 0.15) is 18.1 Å². The fraction of sp³-hybridized carbons (Fsp3) is 0.176. The number of oxime groups is 1. The van der Waals surface area contributed by atoms with Gasteiger partial charge in [-0.25, -0.2) is 0 Å². The van der Waals surface area contributed by atoms with Crippen molar-refractivity contribution in [2.24, 2.45) is 5.16 Å². The van der Waals surface area contributed by atoms with Gasteiger partial charge in [0.25, 0.3) is 5.91 Å². The van der Waals surface area contributed by atoms with Crippen molar-refractivity contribution in [3.8, 4) is 5.75 Å². The van der Waals surface area contributed by atoms with E-state index in [1.54, 1.807) is 19.1 Å². The van der Waals surface area contributed by atoms with Crippen molar-refractivity contribution in [3.05, 3.63) is 59.7 Å². The van der Waals surface area contributed by atoms with E-state index in [4.69, 9.17) is 9.94 Å². The third kappa shape index (κ3) is 2.65. The Hall–Kier alpha value is -2.82. The first kappa shape index (κ1) is 14.1. The minimum atomic E-state index is -0.545. The van der Waals surface area contributed by atoms with Gasteiger partial charge < -0.3 is 15.3 Å². The summed E-state index contributed by atoms with van der Waals surface area (Å²) in [5, 5.41) is 15.0. The number of anilines is 1. The molecule has 0 aromatic heterocycles. The lowest BCUT2D eigenvalue weighted by Crippen LogP contribution is -2.31. The van der Waals surface area contributed by atoms with Crippen LogP contribution in [0.5, 0.6) is 5.75 Å². The van der Waals surface area contributed by atoms with Gasteiger partial charge in [0.2, 0.25) is 0 Å². The number of hydrogen-bond donors (Lipinski definition) is 2. The molecule has 3 rings (SSSR count). The molecule has 1 atom stereocenters. The standard InChI is InChI=1S/C17H16N2O3/c1-11(19-21)13-7-3-4-8-14(13)18-17(20)16-10-12-6-2-5-9-15(12)22-16/h2-9,16,21H,10H2,1H3,(H,18,20)/b19-11+. The number of amides is 1. The van der Waals surface area contributed by atoms with Gasteiger partial charge in [-0.05, 0) is 24.6 Å². The zero-order valence-electron chi connectivity index (χ0n) is 12.1. The van der Waals surface area contributed by atoms with Gasteiger partial charge in [-0.15, -0.1) is 0 Å². The Bertz CT molecular complexity index is 715. The van der Waals surface area contributed by atoms with Gasteiger partial charge in [0.15, 0.2) is 6.10 Å². The predicted octanol–water partition coefficient (Wildman–Crippen LogP) is 2.83. The van der Waals surface area contributed by atoms with E-state index in [1.807, 2.05) is 36.4 Å². The Morgan fingerprint density at radius 3 is 2.73 bits per heavy atom. The molecule has 5 heteroatoms. The maximum Gasteiger partial charge on any atom is 0.265 e. The Labute approximate surface area is 128 Å². The lowest BCUT2D eigenvalue weighted by Gasteiger charge is -2.14. The van der Waals surface area contributed by atoms with Crippen molar-refractivity contribution in [2.75, 3.05) is 5.32 Å². The second-order valence-electron chi connectivity index (χ2n) is 5.14. The number of benzene rings is 2. The highest BCUT2D eigenvalue weighted by Crippen LogP contribution is 2.29. The van der Waals surface area contributed by atoms with Crippen LogP contribution in [0.25, 0.3) is 0 Å². The smallest absolute Gasteiger partial charge is 0.265 e. The molecular weight excluding hydrogens is 280 g/mol. The zero-order valence-corrected chi connectivity index (χ0v) is 12.1. The van der Waals surface area contributed by atoms with Crippen LogP contribution in [0.2, 0.25) is 0 Å². The van der Waals surface area contributed by atoms with E-state index >= 15 is 0 Å². The van der Waals surface area contributed by atoms with Crippen molar-refractivity contribution in [1.82, 2.24) is 0 Å². The van der Waals surface area contributed by atoms with E-state index in [-0.39, 0.29) is 5.91 Å². The molecule has 2 N–H and O–H groups in total. The Kier molecular flexibility index (Phi) is 3.78.